The molecule has 1 fully saturated rings. The van der Waals surface area contributed by atoms with Gasteiger partial charge in [-0.05, 0) is 55.5 Å². The molecule has 1 aliphatic rings. The summed E-state index contributed by atoms with van der Waals surface area (Å²) in [6.45, 7) is 4.10. The van der Waals surface area contributed by atoms with Crippen molar-refractivity contribution in [3.05, 3.63) is 105 Å². The molecule has 2 unspecified atom stereocenters. The summed E-state index contributed by atoms with van der Waals surface area (Å²) in [5, 5.41) is 10.6. The molecule has 2 N–H and O–H groups in total. The maximum atomic E-state index is 12.9. The van der Waals surface area contributed by atoms with Gasteiger partial charge in [0.25, 0.3) is 0 Å². The van der Waals surface area contributed by atoms with Crippen LogP contribution < -0.4 is 5.69 Å². The zero-order valence-electron chi connectivity index (χ0n) is 21.5. The standard InChI is InChI=1S/C30H33ClN4O3/c1-21(33(19-22-8-4-2-5-9-22)20-23-10-6-3-7-11-23)16-26-18-25(14-15-34(26)30(37)38)35-28-13-12-24(31)17-27(28)32-29(35)36/h2-13,17,21,25-26H,14-16,18-20H2,1H3,(H,32,36)(H,37,38)/t21?,25?,26-/m0/s1. The third-order valence-electron chi connectivity index (χ3n) is 7.67. The Balaban J connectivity index is 1.39. The van der Waals surface area contributed by atoms with E-state index in [4.69, 9.17) is 11.6 Å². The van der Waals surface area contributed by atoms with E-state index in [0.717, 1.165) is 18.6 Å². The van der Waals surface area contributed by atoms with Crippen LogP contribution in [0.2, 0.25) is 5.02 Å². The number of fused-ring (bicyclic) bond motifs is 1. The van der Waals surface area contributed by atoms with E-state index in [9.17, 15) is 14.7 Å². The number of piperidine rings is 1. The number of benzene rings is 3. The number of aromatic amines is 1. The smallest absolute Gasteiger partial charge is 0.407 e. The lowest BCUT2D eigenvalue weighted by molar-refractivity contribution is 0.0687. The normalized spacial score (nSPS) is 18.7. The second kappa shape index (κ2) is 11.5. The van der Waals surface area contributed by atoms with Gasteiger partial charge in [-0.1, -0.05) is 72.3 Å². The van der Waals surface area contributed by atoms with Crippen molar-refractivity contribution in [2.24, 2.45) is 0 Å². The lowest BCUT2D eigenvalue weighted by atomic mass is 9.92. The molecule has 8 heteroatoms. The Labute approximate surface area is 227 Å². The Bertz CT molecular complexity index is 1390. The van der Waals surface area contributed by atoms with Crippen LogP contribution in [0, 0.1) is 0 Å². The first-order chi connectivity index (χ1) is 18.4. The van der Waals surface area contributed by atoms with Gasteiger partial charge >= 0.3 is 11.8 Å². The van der Waals surface area contributed by atoms with Gasteiger partial charge in [-0.3, -0.25) is 9.47 Å². The summed E-state index contributed by atoms with van der Waals surface area (Å²) in [6.07, 6.45) is 0.934. The van der Waals surface area contributed by atoms with Crippen molar-refractivity contribution >= 4 is 28.7 Å². The molecule has 1 aliphatic heterocycles. The topological polar surface area (TPSA) is 81.6 Å². The Hall–Kier alpha value is -3.55. The predicted octanol–water partition coefficient (Wildman–Crippen LogP) is 6.15. The van der Waals surface area contributed by atoms with Gasteiger partial charge in [0.05, 0.1) is 11.0 Å². The number of likely N-dealkylation sites (tertiary alicyclic amines) is 1. The van der Waals surface area contributed by atoms with Crippen LogP contribution >= 0.6 is 11.6 Å². The fraction of sp³-hybridized carbons (Fsp3) is 0.333. The zero-order chi connectivity index (χ0) is 26.6. The second-order valence-electron chi connectivity index (χ2n) is 10.2. The number of halogens is 1. The Kier molecular flexibility index (Phi) is 7.86. The molecule has 198 valence electrons. The number of hydrogen-bond acceptors (Lipinski definition) is 3. The van der Waals surface area contributed by atoms with Crippen LogP contribution in [0.15, 0.2) is 83.7 Å². The van der Waals surface area contributed by atoms with Crippen molar-refractivity contribution in [1.82, 2.24) is 19.4 Å². The van der Waals surface area contributed by atoms with Crippen LogP contribution in [-0.4, -0.2) is 49.2 Å². The van der Waals surface area contributed by atoms with Crippen LogP contribution in [0.5, 0.6) is 0 Å². The minimum Gasteiger partial charge on any atom is -0.465 e. The van der Waals surface area contributed by atoms with Crippen molar-refractivity contribution in [3.8, 4) is 0 Å². The van der Waals surface area contributed by atoms with E-state index in [2.05, 4.69) is 41.1 Å². The highest BCUT2D eigenvalue weighted by molar-refractivity contribution is 6.31. The Morgan fingerprint density at radius 1 is 1.05 bits per heavy atom. The van der Waals surface area contributed by atoms with Crippen LogP contribution in [0.25, 0.3) is 11.0 Å². The Morgan fingerprint density at radius 3 is 2.29 bits per heavy atom. The van der Waals surface area contributed by atoms with E-state index < -0.39 is 6.09 Å². The SMILES string of the molecule is CC(C[C@H]1CC(n2c(=O)[nH]c3cc(Cl)ccc32)CCN1C(=O)O)N(Cc1ccccc1)Cc1ccccc1. The van der Waals surface area contributed by atoms with Crippen molar-refractivity contribution in [1.29, 1.82) is 0 Å². The molecular weight excluding hydrogens is 500 g/mol. The van der Waals surface area contributed by atoms with Gasteiger partial charge in [-0.25, -0.2) is 9.59 Å². The summed E-state index contributed by atoms with van der Waals surface area (Å²) in [5.74, 6) is 0. The van der Waals surface area contributed by atoms with Crippen LogP contribution in [0.3, 0.4) is 0 Å². The van der Waals surface area contributed by atoms with E-state index in [-0.39, 0.29) is 23.8 Å². The summed E-state index contributed by atoms with van der Waals surface area (Å²) in [7, 11) is 0. The lowest BCUT2D eigenvalue weighted by Gasteiger charge is -2.41. The minimum absolute atomic E-state index is 0.0954. The zero-order valence-corrected chi connectivity index (χ0v) is 22.2. The number of carboxylic acid groups (broad SMARTS) is 1. The number of amides is 1. The molecule has 0 aliphatic carbocycles. The van der Waals surface area contributed by atoms with Crippen molar-refractivity contribution < 1.29 is 9.90 Å². The molecule has 5 rings (SSSR count). The molecule has 1 aromatic heterocycles. The molecule has 0 spiro atoms. The van der Waals surface area contributed by atoms with Crippen LogP contribution in [0.1, 0.15) is 43.4 Å². The number of H-pyrrole nitrogens is 1. The van der Waals surface area contributed by atoms with Crippen LogP contribution in [0.4, 0.5) is 4.79 Å². The largest absolute Gasteiger partial charge is 0.465 e. The van der Waals surface area contributed by atoms with Gasteiger partial charge in [0, 0.05) is 42.8 Å². The third kappa shape index (κ3) is 5.79. The quantitative estimate of drug-likeness (QED) is 0.285. The third-order valence-corrected chi connectivity index (χ3v) is 7.91. The van der Waals surface area contributed by atoms with Gasteiger partial charge in [-0.2, -0.15) is 0 Å². The van der Waals surface area contributed by atoms with Crippen molar-refractivity contribution in [2.45, 2.75) is 57.4 Å². The number of aromatic nitrogens is 2. The van der Waals surface area contributed by atoms with Crippen LogP contribution in [-0.2, 0) is 13.1 Å². The fourth-order valence-electron chi connectivity index (χ4n) is 5.75. The lowest BCUT2D eigenvalue weighted by Crippen LogP contribution is -2.49. The van der Waals surface area contributed by atoms with Gasteiger partial charge in [0.1, 0.15) is 0 Å². The average Bonchev–Trinajstić information content (AvgIpc) is 3.24. The molecule has 4 aromatic rings. The number of hydrogen-bond donors (Lipinski definition) is 2. The molecule has 7 nitrogen and oxygen atoms in total. The van der Waals surface area contributed by atoms with E-state index >= 15 is 0 Å². The predicted molar refractivity (Wildman–Crippen MR) is 151 cm³/mol. The number of nitrogens with zero attached hydrogens (tertiary/aromatic N) is 3. The number of rotatable bonds is 8. The first-order valence-electron chi connectivity index (χ1n) is 13.1. The summed E-state index contributed by atoms with van der Waals surface area (Å²) < 4.78 is 1.79. The maximum absolute atomic E-state index is 12.9. The highest BCUT2D eigenvalue weighted by Gasteiger charge is 2.35. The van der Waals surface area contributed by atoms with Crippen molar-refractivity contribution in [2.75, 3.05) is 6.54 Å². The molecule has 38 heavy (non-hydrogen) atoms. The summed E-state index contributed by atoms with van der Waals surface area (Å²) in [5.41, 5.74) is 3.75. The Morgan fingerprint density at radius 2 is 1.68 bits per heavy atom. The van der Waals surface area contributed by atoms with Gasteiger partial charge in [-0.15, -0.1) is 0 Å². The summed E-state index contributed by atoms with van der Waals surface area (Å²) in [6, 6.07) is 25.9. The summed E-state index contributed by atoms with van der Waals surface area (Å²) in [4.78, 5) is 32.1. The van der Waals surface area contributed by atoms with Gasteiger partial charge in [0.15, 0.2) is 0 Å². The molecule has 2 heterocycles. The monoisotopic (exact) mass is 532 g/mol. The van der Waals surface area contributed by atoms with E-state index in [1.165, 1.54) is 11.1 Å². The van der Waals surface area contributed by atoms with E-state index in [1.54, 1.807) is 21.6 Å². The molecule has 1 amide bonds. The number of nitrogens with one attached hydrogen (secondary N) is 1. The molecule has 0 bridgehead atoms. The second-order valence-corrected chi connectivity index (χ2v) is 10.7. The minimum atomic E-state index is -0.906. The first-order valence-corrected chi connectivity index (χ1v) is 13.5. The maximum Gasteiger partial charge on any atom is 0.407 e. The highest BCUT2D eigenvalue weighted by atomic mass is 35.5. The molecule has 1 saturated heterocycles. The molecule has 0 radical (unpaired) electrons. The van der Waals surface area contributed by atoms with E-state index in [1.807, 2.05) is 42.5 Å². The molecular formula is C30H33ClN4O3. The van der Waals surface area contributed by atoms with Crippen molar-refractivity contribution in [3.63, 3.8) is 0 Å². The molecule has 3 aromatic carbocycles. The van der Waals surface area contributed by atoms with E-state index in [0.29, 0.717) is 36.3 Å². The van der Waals surface area contributed by atoms with Gasteiger partial charge in [0.2, 0.25) is 0 Å². The fourth-order valence-corrected chi connectivity index (χ4v) is 5.92. The van der Waals surface area contributed by atoms with Gasteiger partial charge < -0.3 is 15.0 Å². The first kappa shape index (κ1) is 26.1. The number of imidazole rings is 1. The average molecular weight is 533 g/mol. The highest BCUT2D eigenvalue weighted by Crippen LogP contribution is 2.32. The number of carbonyl (C=O) groups is 1. The molecule has 0 saturated carbocycles. The molecule has 3 atom stereocenters. The summed E-state index contributed by atoms with van der Waals surface area (Å²) >= 11 is 6.14.